The zero-order valence-electron chi connectivity index (χ0n) is 27.2. The Kier molecular flexibility index (Phi) is 10.0. The zero-order chi connectivity index (χ0) is 34.8. The number of carbonyl (C=O) groups is 1. The lowest BCUT2D eigenvalue weighted by molar-refractivity contribution is -0.113. The summed E-state index contributed by atoms with van der Waals surface area (Å²) in [6.07, 6.45) is 1.85. The van der Waals surface area contributed by atoms with Crippen molar-refractivity contribution < 1.29 is 14.3 Å². The Morgan fingerprint density at radius 1 is 0.980 bits per heavy atom. The molecule has 0 fully saturated rings. The van der Waals surface area contributed by atoms with Gasteiger partial charge in [-0.25, -0.2) is 4.99 Å². The summed E-state index contributed by atoms with van der Waals surface area (Å²) in [5.41, 5.74) is 3.93. The van der Waals surface area contributed by atoms with Crippen LogP contribution in [0.2, 0.25) is 0 Å². The van der Waals surface area contributed by atoms with E-state index in [1.165, 1.54) is 11.3 Å². The lowest BCUT2D eigenvalue weighted by Gasteiger charge is -2.25. The van der Waals surface area contributed by atoms with Gasteiger partial charge >= 0.3 is 0 Å². The summed E-state index contributed by atoms with van der Waals surface area (Å²) in [6.45, 7) is 4.63. The molecule has 7 rings (SSSR count). The number of anilines is 1. The third-order valence-electron chi connectivity index (χ3n) is 8.38. The van der Waals surface area contributed by atoms with E-state index in [1.54, 1.807) is 4.57 Å². The number of amides is 1. The van der Waals surface area contributed by atoms with Crippen molar-refractivity contribution >= 4 is 78.3 Å². The Bertz CT molecular complexity index is 2450. The molecule has 0 bridgehead atoms. The van der Waals surface area contributed by atoms with Crippen LogP contribution in [0.5, 0.6) is 11.5 Å². The SMILES string of the molecule is CCOc1ccc([C@H]2C(C(=O)Nc3ccccc3)=C(C)N=c3s/c(=C\c4cc(Br)cc(I)c4OCc4cccc5ccccc45)c(=O)n32)cc1. The average Bonchev–Trinajstić information content (AvgIpc) is 3.41. The molecule has 0 saturated carbocycles. The first-order chi connectivity index (χ1) is 24.3. The molecule has 10 heteroatoms. The van der Waals surface area contributed by atoms with Gasteiger partial charge in [-0.3, -0.25) is 14.2 Å². The number of hydrogen-bond donors (Lipinski definition) is 1. The first-order valence-electron chi connectivity index (χ1n) is 16.0. The van der Waals surface area contributed by atoms with Crippen LogP contribution in [0.25, 0.3) is 16.8 Å². The van der Waals surface area contributed by atoms with E-state index in [0.29, 0.717) is 51.0 Å². The van der Waals surface area contributed by atoms with Gasteiger partial charge in [-0.2, -0.15) is 0 Å². The molecule has 0 saturated heterocycles. The van der Waals surface area contributed by atoms with Gasteiger partial charge in [0.25, 0.3) is 11.5 Å². The average molecular weight is 857 g/mol. The van der Waals surface area contributed by atoms with Crippen molar-refractivity contribution in [2.45, 2.75) is 26.5 Å². The van der Waals surface area contributed by atoms with Crippen molar-refractivity contribution in [3.63, 3.8) is 0 Å². The van der Waals surface area contributed by atoms with Gasteiger partial charge in [-0.1, -0.05) is 100 Å². The summed E-state index contributed by atoms with van der Waals surface area (Å²) < 4.78 is 16.1. The van der Waals surface area contributed by atoms with Gasteiger partial charge in [-0.15, -0.1) is 0 Å². The van der Waals surface area contributed by atoms with E-state index >= 15 is 0 Å². The molecule has 6 aromatic rings. The van der Waals surface area contributed by atoms with E-state index in [2.05, 4.69) is 68.1 Å². The number of nitrogens with one attached hydrogen (secondary N) is 1. The number of nitrogens with zero attached hydrogens (tertiary/aromatic N) is 2. The third kappa shape index (κ3) is 6.92. The maximum absolute atomic E-state index is 14.5. The number of allylic oxidation sites excluding steroid dienone is 1. The number of aromatic nitrogens is 1. The monoisotopic (exact) mass is 855 g/mol. The van der Waals surface area contributed by atoms with E-state index in [-0.39, 0.29) is 11.5 Å². The number of hydrogen-bond acceptors (Lipinski definition) is 6. The number of para-hydroxylation sites is 1. The molecule has 0 aliphatic carbocycles. The van der Waals surface area contributed by atoms with Crippen molar-refractivity contribution in [3.05, 3.63) is 165 Å². The first kappa shape index (κ1) is 34.0. The summed E-state index contributed by atoms with van der Waals surface area (Å²) in [5.74, 6) is 1.06. The number of thiazole rings is 1. The molecule has 1 atom stereocenters. The van der Waals surface area contributed by atoms with Crippen LogP contribution in [0.1, 0.15) is 36.6 Å². The van der Waals surface area contributed by atoms with Crippen molar-refractivity contribution in [2.24, 2.45) is 4.99 Å². The second-order valence-electron chi connectivity index (χ2n) is 11.6. The lowest BCUT2D eigenvalue weighted by atomic mass is 9.95. The normalized spacial score (nSPS) is 14.3. The summed E-state index contributed by atoms with van der Waals surface area (Å²) in [5, 5.41) is 5.29. The number of ether oxygens (including phenoxy) is 2. The molecule has 250 valence electrons. The van der Waals surface area contributed by atoms with Gasteiger partial charge in [0.05, 0.1) is 32.0 Å². The standard InChI is InChI=1S/C40H31BrIN3O4S/c1-3-48-31-18-16-26(17-19-31)36-35(38(46)44-30-13-5-4-6-14-30)24(2)43-40-45(36)39(47)34(50-40)21-28-20-29(41)22-33(42)37(28)49-23-27-12-9-11-25-10-7-8-15-32(25)27/h4-22,36H,3,23H2,1-2H3,(H,44,46)/b34-21-/t36-/m0/s1. The Balaban J connectivity index is 1.32. The lowest BCUT2D eigenvalue weighted by Crippen LogP contribution is -2.40. The summed E-state index contributed by atoms with van der Waals surface area (Å²) in [4.78, 5) is 33.7. The fraction of sp³-hybridized carbons (Fsp3) is 0.125. The topological polar surface area (TPSA) is 81.9 Å². The van der Waals surface area contributed by atoms with Crippen molar-refractivity contribution in [1.29, 1.82) is 0 Å². The number of fused-ring (bicyclic) bond motifs is 2. The quantitative estimate of drug-likeness (QED) is 0.148. The Morgan fingerprint density at radius 2 is 1.72 bits per heavy atom. The van der Waals surface area contributed by atoms with Gasteiger partial charge in [0.2, 0.25) is 0 Å². The molecule has 50 heavy (non-hydrogen) atoms. The summed E-state index contributed by atoms with van der Waals surface area (Å²) in [6, 6.07) is 34.5. The second kappa shape index (κ2) is 14.8. The smallest absolute Gasteiger partial charge is 0.271 e. The van der Waals surface area contributed by atoms with Crippen molar-refractivity contribution in [2.75, 3.05) is 11.9 Å². The van der Waals surface area contributed by atoms with Gasteiger partial charge in [0.15, 0.2) is 4.80 Å². The predicted octanol–water partition coefficient (Wildman–Crippen LogP) is 8.37. The molecule has 1 amide bonds. The van der Waals surface area contributed by atoms with E-state index in [9.17, 15) is 9.59 Å². The van der Waals surface area contributed by atoms with E-state index < -0.39 is 6.04 Å². The highest BCUT2D eigenvalue weighted by Gasteiger charge is 2.32. The van der Waals surface area contributed by atoms with Gasteiger partial charge in [-0.05, 0) is 101 Å². The highest BCUT2D eigenvalue weighted by Crippen LogP contribution is 2.34. The van der Waals surface area contributed by atoms with E-state index in [4.69, 9.17) is 14.5 Å². The van der Waals surface area contributed by atoms with Crippen LogP contribution in [0.15, 0.2) is 135 Å². The first-order valence-corrected chi connectivity index (χ1v) is 18.7. The number of benzene rings is 5. The minimum atomic E-state index is -0.711. The van der Waals surface area contributed by atoms with Crippen molar-refractivity contribution in [1.82, 2.24) is 4.57 Å². The molecule has 0 radical (unpaired) electrons. The third-order valence-corrected chi connectivity index (χ3v) is 10.6. The van der Waals surface area contributed by atoms with Crippen molar-refractivity contribution in [3.8, 4) is 11.5 Å². The molecule has 1 aromatic heterocycles. The minimum Gasteiger partial charge on any atom is -0.494 e. The van der Waals surface area contributed by atoms with Gasteiger partial charge in [0.1, 0.15) is 18.1 Å². The second-order valence-corrected chi connectivity index (χ2v) is 14.7. The maximum atomic E-state index is 14.5. The summed E-state index contributed by atoms with van der Waals surface area (Å²) >= 11 is 7.20. The van der Waals surface area contributed by atoms with Crippen LogP contribution < -0.4 is 29.7 Å². The van der Waals surface area contributed by atoms with Crippen LogP contribution >= 0.6 is 49.9 Å². The number of rotatable bonds is 9. The molecule has 5 aromatic carbocycles. The minimum absolute atomic E-state index is 0.250. The zero-order valence-corrected chi connectivity index (χ0v) is 31.7. The number of carbonyl (C=O) groups excluding carboxylic acids is 1. The van der Waals surface area contributed by atoms with Crippen LogP contribution in [-0.2, 0) is 11.4 Å². The highest BCUT2D eigenvalue weighted by atomic mass is 127. The molecule has 0 unspecified atom stereocenters. The Hall–Kier alpha value is -4.52. The van der Waals surface area contributed by atoms with Gasteiger partial charge < -0.3 is 14.8 Å². The largest absolute Gasteiger partial charge is 0.494 e. The maximum Gasteiger partial charge on any atom is 0.271 e. The number of halogens is 2. The molecular formula is C40H31BrIN3O4S. The van der Waals surface area contributed by atoms with E-state index in [0.717, 1.165) is 35.5 Å². The van der Waals surface area contributed by atoms with E-state index in [1.807, 2.05) is 105 Å². The van der Waals surface area contributed by atoms with Crippen LogP contribution in [0, 0.1) is 3.57 Å². The van der Waals surface area contributed by atoms with Crippen LogP contribution in [0.4, 0.5) is 5.69 Å². The molecule has 2 heterocycles. The molecule has 7 nitrogen and oxygen atoms in total. The highest BCUT2D eigenvalue weighted by molar-refractivity contribution is 14.1. The molecule has 1 aliphatic heterocycles. The molecule has 1 aliphatic rings. The molecule has 1 N–H and O–H groups in total. The fourth-order valence-corrected chi connectivity index (χ4v) is 8.85. The Morgan fingerprint density at radius 3 is 2.50 bits per heavy atom. The predicted molar refractivity (Wildman–Crippen MR) is 212 cm³/mol. The Labute approximate surface area is 314 Å². The fourth-order valence-electron chi connectivity index (χ4n) is 6.11. The van der Waals surface area contributed by atoms with Crippen LogP contribution in [-0.4, -0.2) is 17.1 Å². The summed E-state index contributed by atoms with van der Waals surface area (Å²) in [7, 11) is 0. The molecule has 0 spiro atoms. The van der Waals surface area contributed by atoms with Gasteiger partial charge in [0, 0.05) is 15.7 Å². The van der Waals surface area contributed by atoms with Crippen LogP contribution in [0.3, 0.4) is 0 Å². The molecular weight excluding hydrogens is 825 g/mol.